The average Bonchev–Trinajstić information content (AvgIpc) is 2.97. The minimum Gasteiger partial charge on any atom is -0.344 e. The number of nitrogens with zero attached hydrogens (tertiary/aromatic N) is 2. The van der Waals surface area contributed by atoms with Crippen molar-refractivity contribution < 1.29 is 13.7 Å². The Labute approximate surface area is 140 Å². The van der Waals surface area contributed by atoms with Crippen LogP contribution in [-0.2, 0) is 16.8 Å². The molecule has 0 aliphatic heterocycles. The summed E-state index contributed by atoms with van der Waals surface area (Å²) in [6.45, 7) is 5.66. The molecule has 1 aliphatic carbocycles. The van der Waals surface area contributed by atoms with Crippen LogP contribution >= 0.6 is 0 Å². The van der Waals surface area contributed by atoms with Crippen LogP contribution in [0.3, 0.4) is 0 Å². The Kier molecular flexibility index (Phi) is 4.39. The fraction of sp³-hybridized carbons (Fsp3) is 0.500. The van der Waals surface area contributed by atoms with Crippen molar-refractivity contribution in [3.63, 3.8) is 0 Å². The lowest BCUT2D eigenvalue weighted by molar-refractivity contribution is -0.130. The first-order valence-corrected chi connectivity index (χ1v) is 8.31. The van der Waals surface area contributed by atoms with Gasteiger partial charge in [-0.25, -0.2) is 4.39 Å². The number of nitrogens with one attached hydrogen (secondary N) is 1. The van der Waals surface area contributed by atoms with Gasteiger partial charge in [-0.1, -0.05) is 24.2 Å². The minimum absolute atomic E-state index is 0.0246. The lowest BCUT2D eigenvalue weighted by Crippen LogP contribution is -2.48. The van der Waals surface area contributed by atoms with Gasteiger partial charge >= 0.3 is 0 Å². The average molecular weight is 331 g/mol. The van der Waals surface area contributed by atoms with Gasteiger partial charge in [0.1, 0.15) is 5.82 Å². The van der Waals surface area contributed by atoms with E-state index in [1.54, 1.807) is 12.1 Å². The SMILES string of the molecule is CCc1nc(C(C)(C)NC(=O)C2CCC2c2ccc(F)cc2)no1. The molecule has 1 N–H and O–H groups in total. The van der Waals surface area contributed by atoms with Crippen molar-refractivity contribution in [2.24, 2.45) is 5.92 Å². The first-order chi connectivity index (χ1) is 11.4. The molecule has 3 rings (SSSR count). The molecule has 1 aromatic carbocycles. The maximum Gasteiger partial charge on any atom is 0.226 e. The van der Waals surface area contributed by atoms with Gasteiger partial charge in [0.15, 0.2) is 5.82 Å². The van der Waals surface area contributed by atoms with Crippen LogP contribution in [0.4, 0.5) is 4.39 Å². The van der Waals surface area contributed by atoms with Crippen molar-refractivity contribution >= 4 is 5.91 Å². The molecule has 6 heteroatoms. The van der Waals surface area contributed by atoms with Gasteiger partial charge in [0.25, 0.3) is 0 Å². The predicted molar refractivity (Wildman–Crippen MR) is 86.7 cm³/mol. The van der Waals surface area contributed by atoms with E-state index in [1.807, 2.05) is 20.8 Å². The standard InChI is InChI=1S/C18H22FN3O2/c1-4-15-20-17(22-24-15)18(2,3)21-16(23)14-10-9-13(14)11-5-7-12(19)8-6-11/h5-8,13-14H,4,9-10H2,1-3H3,(H,21,23). The highest BCUT2D eigenvalue weighted by molar-refractivity contribution is 5.81. The molecular formula is C18H22FN3O2. The molecule has 0 radical (unpaired) electrons. The number of rotatable bonds is 5. The monoisotopic (exact) mass is 331 g/mol. The van der Waals surface area contributed by atoms with E-state index < -0.39 is 5.54 Å². The Balaban J connectivity index is 1.69. The van der Waals surface area contributed by atoms with Crippen molar-refractivity contribution in [2.45, 2.75) is 51.5 Å². The third-order valence-electron chi connectivity index (χ3n) is 4.67. The molecule has 2 aromatic rings. The summed E-state index contributed by atoms with van der Waals surface area (Å²) in [7, 11) is 0. The van der Waals surface area contributed by atoms with E-state index in [0.29, 0.717) is 18.1 Å². The molecule has 24 heavy (non-hydrogen) atoms. The van der Waals surface area contributed by atoms with Crippen LogP contribution in [0.2, 0.25) is 0 Å². The smallest absolute Gasteiger partial charge is 0.226 e. The second-order valence-corrected chi connectivity index (χ2v) is 6.82. The zero-order valence-corrected chi connectivity index (χ0v) is 14.2. The molecule has 0 spiro atoms. The Morgan fingerprint density at radius 2 is 2.04 bits per heavy atom. The van der Waals surface area contributed by atoms with Gasteiger partial charge < -0.3 is 9.84 Å². The molecule has 2 atom stereocenters. The van der Waals surface area contributed by atoms with Gasteiger partial charge in [0.2, 0.25) is 11.8 Å². The summed E-state index contributed by atoms with van der Waals surface area (Å²) in [6, 6.07) is 6.41. The van der Waals surface area contributed by atoms with E-state index in [4.69, 9.17) is 4.52 Å². The topological polar surface area (TPSA) is 68.0 Å². The molecule has 1 aromatic heterocycles. The molecule has 1 amide bonds. The normalized spacial score (nSPS) is 20.5. The predicted octanol–water partition coefficient (Wildman–Crippen LogP) is 3.32. The first-order valence-electron chi connectivity index (χ1n) is 8.31. The quantitative estimate of drug-likeness (QED) is 0.912. The van der Waals surface area contributed by atoms with E-state index in [1.165, 1.54) is 12.1 Å². The van der Waals surface area contributed by atoms with Crippen LogP contribution in [-0.4, -0.2) is 16.0 Å². The van der Waals surface area contributed by atoms with Gasteiger partial charge in [-0.05, 0) is 50.3 Å². The van der Waals surface area contributed by atoms with E-state index in [9.17, 15) is 9.18 Å². The molecule has 1 heterocycles. The highest BCUT2D eigenvalue weighted by Gasteiger charge is 2.40. The van der Waals surface area contributed by atoms with Gasteiger partial charge in [-0.3, -0.25) is 4.79 Å². The second kappa shape index (κ2) is 6.34. The van der Waals surface area contributed by atoms with Gasteiger partial charge in [-0.15, -0.1) is 0 Å². The van der Waals surface area contributed by atoms with E-state index in [0.717, 1.165) is 18.4 Å². The maximum absolute atomic E-state index is 13.1. The van der Waals surface area contributed by atoms with Crippen LogP contribution in [0.25, 0.3) is 0 Å². The molecule has 0 saturated heterocycles. The molecular weight excluding hydrogens is 309 g/mol. The number of halogens is 1. The second-order valence-electron chi connectivity index (χ2n) is 6.82. The van der Waals surface area contributed by atoms with Crippen molar-refractivity contribution in [1.82, 2.24) is 15.5 Å². The highest BCUT2D eigenvalue weighted by Crippen LogP contribution is 2.43. The van der Waals surface area contributed by atoms with Crippen molar-refractivity contribution in [1.29, 1.82) is 0 Å². The van der Waals surface area contributed by atoms with Crippen molar-refractivity contribution in [3.8, 4) is 0 Å². The summed E-state index contributed by atoms with van der Waals surface area (Å²) in [5, 5.41) is 6.98. The van der Waals surface area contributed by atoms with Gasteiger partial charge in [0.05, 0.1) is 5.54 Å². The number of aryl methyl sites for hydroxylation is 1. The highest BCUT2D eigenvalue weighted by atomic mass is 19.1. The summed E-state index contributed by atoms with van der Waals surface area (Å²) in [4.78, 5) is 17.0. The molecule has 1 fully saturated rings. The third-order valence-corrected chi connectivity index (χ3v) is 4.67. The number of hydrogen-bond acceptors (Lipinski definition) is 4. The van der Waals surface area contributed by atoms with E-state index in [2.05, 4.69) is 15.5 Å². The Morgan fingerprint density at radius 3 is 2.58 bits per heavy atom. The Hall–Kier alpha value is -2.24. The number of aromatic nitrogens is 2. The van der Waals surface area contributed by atoms with Gasteiger partial charge in [-0.2, -0.15) is 4.98 Å². The summed E-state index contributed by atoms with van der Waals surface area (Å²) < 4.78 is 18.2. The van der Waals surface area contributed by atoms with Crippen LogP contribution in [0.5, 0.6) is 0 Å². The summed E-state index contributed by atoms with van der Waals surface area (Å²) in [6.07, 6.45) is 2.43. The van der Waals surface area contributed by atoms with Crippen LogP contribution in [0.1, 0.15) is 56.8 Å². The number of hydrogen-bond donors (Lipinski definition) is 1. The van der Waals surface area contributed by atoms with Gasteiger partial charge in [0, 0.05) is 12.3 Å². The molecule has 5 nitrogen and oxygen atoms in total. The fourth-order valence-corrected chi connectivity index (χ4v) is 3.03. The fourth-order valence-electron chi connectivity index (χ4n) is 3.03. The Bertz CT molecular complexity index is 724. The molecule has 0 bridgehead atoms. The summed E-state index contributed by atoms with van der Waals surface area (Å²) in [5.41, 5.74) is 0.310. The summed E-state index contributed by atoms with van der Waals surface area (Å²) >= 11 is 0. The first kappa shape index (κ1) is 16.6. The lowest BCUT2D eigenvalue weighted by atomic mass is 9.69. The third kappa shape index (κ3) is 3.18. The van der Waals surface area contributed by atoms with Crippen LogP contribution < -0.4 is 5.32 Å². The number of carbonyl (C=O) groups excluding carboxylic acids is 1. The largest absolute Gasteiger partial charge is 0.344 e. The molecule has 2 unspecified atom stereocenters. The molecule has 1 saturated carbocycles. The lowest BCUT2D eigenvalue weighted by Gasteiger charge is -2.37. The number of benzene rings is 1. The number of amides is 1. The van der Waals surface area contributed by atoms with Crippen molar-refractivity contribution in [3.05, 3.63) is 47.4 Å². The van der Waals surface area contributed by atoms with E-state index >= 15 is 0 Å². The zero-order chi connectivity index (χ0) is 17.3. The van der Waals surface area contributed by atoms with Crippen LogP contribution in [0, 0.1) is 11.7 Å². The molecule has 128 valence electrons. The van der Waals surface area contributed by atoms with E-state index in [-0.39, 0.29) is 23.6 Å². The number of carbonyl (C=O) groups is 1. The van der Waals surface area contributed by atoms with Crippen molar-refractivity contribution in [2.75, 3.05) is 0 Å². The zero-order valence-electron chi connectivity index (χ0n) is 14.2. The Morgan fingerprint density at radius 1 is 1.33 bits per heavy atom. The minimum atomic E-state index is -0.697. The summed E-state index contributed by atoms with van der Waals surface area (Å²) in [5.74, 6) is 0.781. The maximum atomic E-state index is 13.1. The molecule has 1 aliphatic rings. The van der Waals surface area contributed by atoms with Crippen LogP contribution in [0.15, 0.2) is 28.8 Å².